The molecule has 0 saturated carbocycles. The molecule has 2 aromatic carbocycles. The molecule has 0 fully saturated rings. The zero-order chi connectivity index (χ0) is 14.8. The van der Waals surface area contributed by atoms with E-state index in [-0.39, 0.29) is 18.7 Å². The van der Waals surface area contributed by atoms with Crippen molar-refractivity contribution in [3.05, 3.63) is 58.1 Å². The Morgan fingerprint density at radius 3 is 2.62 bits per heavy atom. The number of benzene rings is 2. The lowest BCUT2D eigenvalue weighted by Crippen LogP contribution is -2.26. The van der Waals surface area contributed by atoms with Gasteiger partial charge in [0.2, 0.25) is 6.79 Å². The van der Waals surface area contributed by atoms with Gasteiger partial charge in [0.25, 0.3) is 5.91 Å². The molecule has 108 valence electrons. The van der Waals surface area contributed by atoms with Crippen LogP contribution in [-0.4, -0.2) is 12.7 Å². The summed E-state index contributed by atoms with van der Waals surface area (Å²) in [4.78, 5) is 12.3. The molecule has 3 rings (SSSR count). The average Bonchev–Trinajstić information content (AvgIpc) is 2.95. The molecule has 0 spiro atoms. The van der Waals surface area contributed by atoms with Crippen molar-refractivity contribution in [2.45, 2.75) is 13.0 Å². The fourth-order valence-corrected chi connectivity index (χ4v) is 2.42. The molecule has 21 heavy (non-hydrogen) atoms. The highest BCUT2D eigenvalue weighted by Crippen LogP contribution is 2.32. The Labute approximate surface area is 131 Å². The van der Waals surface area contributed by atoms with E-state index in [2.05, 4.69) is 21.2 Å². The predicted octanol–water partition coefficient (Wildman–Crippen LogP) is 3.67. The Hall–Kier alpha value is -2.01. The van der Waals surface area contributed by atoms with E-state index in [1.165, 1.54) is 0 Å². The van der Waals surface area contributed by atoms with Gasteiger partial charge in [-0.2, -0.15) is 0 Å². The van der Waals surface area contributed by atoms with E-state index in [1.807, 2.05) is 31.2 Å². The van der Waals surface area contributed by atoms with Gasteiger partial charge in [0.1, 0.15) is 0 Å². The number of hydrogen-bond acceptors (Lipinski definition) is 3. The third-order valence-electron chi connectivity index (χ3n) is 3.35. The number of carbonyl (C=O) groups is 1. The number of nitrogens with one attached hydrogen (secondary N) is 1. The van der Waals surface area contributed by atoms with Crippen LogP contribution in [0.4, 0.5) is 0 Å². The molecule has 4 nitrogen and oxygen atoms in total. The van der Waals surface area contributed by atoms with Crippen molar-refractivity contribution >= 4 is 21.8 Å². The van der Waals surface area contributed by atoms with E-state index in [1.54, 1.807) is 18.2 Å². The summed E-state index contributed by atoms with van der Waals surface area (Å²) in [6.07, 6.45) is 0. The second-order valence-corrected chi connectivity index (χ2v) is 5.73. The van der Waals surface area contributed by atoms with Gasteiger partial charge in [-0.25, -0.2) is 0 Å². The second kappa shape index (κ2) is 5.77. The van der Waals surface area contributed by atoms with Crippen LogP contribution in [0.25, 0.3) is 0 Å². The summed E-state index contributed by atoms with van der Waals surface area (Å²) in [7, 11) is 0. The molecular weight excluding hydrogens is 334 g/mol. The van der Waals surface area contributed by atoms with Crippen molar-refractivity contribution in [1.29, 1.82) is 0 Å². The van der Waals surface area contributed by atoms with E-state index in [9.17, 15) is 4.79 Å². The number of carbonyl (C=O) groups excluding carboxylic acids is 1. The first-order valence-electron chi connectivity index (χ1n) is 6.59. The maximum atomic E-state index is 12.3. The van der Waals surface area contributed by atoms with Crippen LogP contribution < -0.4 is 14.8 Å². The lowest BCUT2D eigenvalue weighted by Gasteiger charge is -2.14. The van der Waals surface area contributed by atoms with Crippen molar-refractivity contribution in [3.63, 3.8) is 0 Å². The highest BCUT2D eigenvalue weighted by Gasteiger charge is 2.17. The van der Waals surface area contributed by atoms with Gasteiger partial charge in [0.15, 0.2) is 11.5 Å². The summed E-state index contributed by atoms with van der Waals surface area (Å²) in [5.74, 6) is 1.15. The topological polar surface area (TPSA) is 47.6 Å². The number of fused-ring (bicyclic) bond motifs is 1. The molecule has 0 bridgehead atoms. The SMILES string of the molecule is C[C@H](NC(=O)c1ccc2c(c1)OCO2)c1ccc(Br)cc1. The van der Waals surface area contributed by atoms with Crippen LogP contribution in [0.2, 0.25) is 0 Å². The smallest absolute Gasteiger partial charge is 0.251 e. The Kier molecular flexibility index (Phi) is 3.84. The van der Waals surface area contributed by atoms with Gasteiger partial charge in [-0.1, -0.05) is 28.1 Å². The molecule has 1 atom stereocenters. The van der Waals surface area contributed by atoms with Crippen LogP contribution in [0.1, 0.15) is 28.9 Å². The van der Waals surface area contributed by atoms with E-state index >= 15 is 0 Å². The maximum absolute atomic E-state index is 12.3. The van der Waals surface area contributed by atoms with E-state index in [0.29, 0.717) is 17.1 Å². The quantitative estimate of drug-likeness (QED) is 0.921. The molecule has 0 aromatic heterocycles. The van der Waals surface area contributed by atoms with Crippen LogP contribution in [0, 0.1) is 0 Å². The third kappa shape index (κ3) is 3.03. The summed E-state index contributed by atoms with van der Waals surface area (Å²) >= 11 is 3.40. The molecule has 0 unspecified atom stereocenters. The second-order valence-electron chi connectivity index (χ2n) is 4.81. The average molecular weight is 348 g/mol. The molecule has 1 amide bonds. The summed E-state index contributed by atoms with van der Waals surface area (Å²) in [6, 6.07) is 13.0. The largest absolute Gasteiger partial charge is 0.454 e. The highest BCUT2D eigenvalue weighted by molar-refractivity contribution is 9.10. The van der Waals surface area contributed by atoms with Crippen molar-refractivity contribution < 1.29 is 14.3 Å². The molecule has 5 heteroatoms. The summed E-state index contributed by atoms with van der Waals surface area (Å²) in [5, 5.41) is 2.97. The van der Waals surface area contributed by atoms with Gasteiger partial charge < -0.3 is 14.8 Å². The standard InChI is InChI=1S/C16H14BrNO3/c1-10(11-2-5-13(17)6-3-11)18-16(19)12-4-7-14-15(8-12)21-9-20-14/h2-8,10H,9H2,1H3,(H,18,19)/t10-/m0/s1. The first-order chi connectivity index (χ1) is 10.1. The lowest BCUT2D eigenvalue weighted by atomic mass is 10.1. The Bertz CT molecular complexity index is 670. The molecule has 1 aliphatic heterocycles. The molecule has 1 aliphatic rings. The highest BCUT2D eigenvalue weighted by atomic mass is 79.9. The monoisotopic (exact) mass is 347 g/mol. The fraction of sp³-hybridized carbons (Fsp3) is 0.188. The van der Waals surface area contributed by atoms with Gasteiger partial charge >= 0.3 is 0 Å². The molecule has 0 radical (unpaired) electrons. The van der Waals surface area contributed by atoms with Crippen molar-refractivity contribution in [2.75, 3.05) is 6.79 Å². The Balaban J connectivity index is 1.72. The van der Waals surface area contributed by atoms with Crippen molar-refractivity contribution in [1.82, 2.24) is 5.32 Å². The van der Waals surface area contributed by atoms with Gasteiger partial charge in [0, 0.05) is 10.0 Å². The summed E-state index contributed by atoms with van der Waals surface area (Å²) < 4.78 is 11.5. The van der Waals surface area contributed by atoms with Gasteiger partial charge in [-0.05, 0) is 42.8 Å². The van der Waals surface area contributed by atoms with E-state index in [4.69, 9.17) is 9.47 Å². The van der Waals surface area contributed by atoms with Crippen molar-refractivity contribution in [2.24, 2.45) is 0 Å². The number of hydrogen-bond donors (Lipinski definition) is 1. The molecule has 0 aliphatic carbocycles. The van der Waals surface area contributed by atoms with Gasteiger partial charge in [0.05, 0.1) is 6.04 Å². The molecular formula is C16H14BrNO3. The minimum absolute atomic E-state index is 0.0731. The number of rotatable bonds is 3. The molecule has 0 saturated heterocycles. The molecule has 1 N–H and O–H groups in total. The predicted molar refractivity (Wildman–Crippen MR) is 82.6 cm³/mol. The van der Waals surface area contributed by atoms with Gasteiger partial charge in [-0.15, -0.1) is 0 Å². The number of halogens is 1. The van der Waals surface area contributed by atoms with Crippen LogP contribution >= 0.6 is 15.9 Å². The zero-order valence-electron chi connectivity index (χ0n) is 11.4. The Morgan fingerprint density at radius 1 is 1.14 bits per heavy atom. The maximum Gasteiger partial charge on any atom is 0.251 e. The normalized spacial score (nSPS) is 13.8. The Morgan fingerprint density at radius 2 is 1.86 bits per heavy atom. The zero-order valence-corrected chi connectivity index (χ0v) is 13.0. The molecule has 1 heterocycles. The first kappa shape index (κ1) is 13.9. The minimum atomic E-state index is -0.135. The molecule has 2 aromatic rings. The van der Waals surface area contributed by atoms with E-state index in [0.717, 1.165) is 10.0 Å². The van der Waals surface area contributed by atoms with Gasteiger partial charge in [-0.3, -0.25) is 4.79 Å². The minimum Gasteiger partial charge on any atom is -0.454 e. The number of ether oxygens (including phenoxy) is 2. The lowest BCUT2D eigenvalue weighted by molar-refractivity contribution is 0.0939. The number of amides is 1. The van der Waals surface area contributed by atoms with Crippen LogP contribution in [0.15, 0.2) is 46.9 Å². The van der Waals surface area contributed by atoms with Crippen LogP contribution in [0.5, 0.6) is 11.5 Å². The van der Waals surface area contributed by atoms with Crippen LogP contribution in [0.3, 0.4) is 0 Å². The fourth-order valence-electron chi connectivity index (χ4n) is 2.15. The summed E-state index contributed by atoms with van der Waals surface area (Å²) in [6.45, 7) is 2.16. The first-order valence-corrected chi connectivity index (χ1v) is 7.39. The third-order valence-corrected chi connectivity index (χ3v) is 3.88. The van der Waals surface area contributed by atoms with Crippen molar-refractivity contribution in [3.8, 4) is 11.5 Å². The summed E-state index contributed by atoms with van der Waals surface area (Å²) in [5.41, 5.74) is 1.61. The van der Waals surface area contributed by atoms with Crippen LogP contribution in [-0.2, 0) is 0 Å². The van der Waals surface area contributed by atoms with E-state index < -0.39 is 0 Å².